The topological polar surface area (TPSA) is 59.4 Å². The number of rotatable bonds is 5. The van der Waals surface area contributed by atoms with E-state index in [-0.39, 0.29) is 5.82 Å². The van der Waals surface area contributed by atoms with Gasteiger partial charge in [-0.1, -0.05) is 23.9 Å². The zero-order valence-corrected chi connectivity index (χ0v) is 13.2. The van der Waals surface area contributed by atoms with Gasteiger partial charge in [-0.3, -0.25) is 9.78 Å². The van der Waals surface area contributed by atoms with Gasteiger partial charge in [-0.05, 0) is 32.0 Å². The van der Waals surface area contributed by atoms with Gasteiger partial charge in [-0.25, -0.2) is 9.37 Å². The lowest BCUT2D eigenvalue weighted by Gasteiger charge is -2.02. The third-order valence-electron chi connectivity index (χ3n) is 3.23. The number of nitrogens with zero attached hydrogens (tertiary/aromatic N) is 4. The molecule has 0 saturated heterocycles. The molecular formula is C15H16FN5S. The van der Waals surface area contributed by atoms with Crippen LogP contribution in [-0.4, -0.2) is 30.7 Å². The van der Waals surface area contributed by atoms with E-state index in [9.17, 15) is 4.39 Å². The molecule has 114 valence electrons. The predicted molar refractivity (Wildman–Crippen MR) is 84.2 cm³/mol. The molecule has 7 heteroatoms. The summed E-state index contributed by atoms with van der Waals surface area (Å²) < 4.78 is 15.7. The molecule has 1 N–H and O–H groups in total. The number of thioether (sulfide) groups is 1. The van der Waals surface area contributed by atoms with E-state index in [4.69, 9.17) is 0 Å². The summed E-state index contributed by atoms with van der Waals surface area (Å²) in [6.45, 7) is 4.80. The van der Waals surface area contributed by atoms with Crippen molar-refractivity contribution in [3.05, 3.63) is 47.5 Å². The third kappa shape index (κ3) is 3.19. The highest BCUT2D eigenvalue weighted by Crippen LogP contribution is 2.21. The molecule has 3 rings (SSSR count). The van der Waals surface area contributed by atoms with Crippen molar-refractivity contribution in [2.24, 2.45) is 0 Å². The highest BCUT2D eigenvalue weighted by atomic mass is 32.2. The SMILES string of the molecule is Cc1cc(C)n(CCSc2n[nH]c(-c3ccccc3F)n2)n1. The Kier molecular flexibility index (Phi) is 4.24. The highest BCUT2D eigenvalue weighted by Gasteiger charge is 2.10. The van der Waals surface area contributed by atoms with Crippen LogP contribution in [0.25, 0.3) is 11.4 Å². The molecule has 0 bridgehead atoms. The van der Waals surface area contributed by atoms with Crippen LogP contribution in [0.1, 0.15) is 11.4 Å². The molecule has 0 radical (unpaired) electrons. The minimum Gasteiger partial charge on any atom is -0.269 e. The first kappa shape index (κ1) is 14.8. The second-order valence-corrected chi connectivity index (χ2v) is 6.01. The van der Waals surface area contributed by atoms with Crippen LogP contribution in [0, 0.1) is 19.7 Å². The Balaban J connectivity index is 1.63. The minimum absolute atomic E-state index is 0.308. The van der Waals surface area contributed by atoms with Gasteiger partial charge in [-0.2, -0.15) is 5.10 Å². The Labute approximate surface area is 132 Å². The number of aryl methyl sites for hydroxylation is 3. The highest BCUT2D eigenvalue weighted by molar-refractivity contribution is 7.99. The molecule has 0 amide bonds. The first-order valence-electron chi connectivity index (χ1n) is 6.94. The van der Waals surface area contributed by atoms with Crippen LogP contribution in [0.4, 0.5) is 4.39 Å². The van der Waals surface area contributed by atoms with E-state index in [0.29, 0.717) is 16.5 Å². The van der Waals surface area contributed by atoms with Gasteiger partial charge < -0.3 is 0 Å². The van der Waals surface area contributed by atoms with E-state index >= 15 is 0 Å². The zero-order chi connectivity index (χ0) is 15.5. The monoisotopic (exact) mass is 317 g/mol. The van der Waals surface area contributed by atoms with Crippen molar-refractivity contribution in [2.75, 3.05) is 5.75 Å². The van der Waals surface area contributed by atoms with E-state index < -0.39 is 0 Å². The molecule has 0 unspecified atom stereocenters. The van der Waals surface area contributed by atoms with Crippen molar-refractivity contribution in [3.8, 4) is 11.4 Å². The van der Waals surface area contributed by atoms with Crippen LogP contribution in [0.5, 0.6) is 0 Å². The second kappa shape index (κ2) is 6.31. The van der Waals surface area contributed by atoms with Crippen molar-refractivity contribution in [1.29, 1.82) is 0 Å². The van der Waals surface area contributed by atoms with Crippen molar-refractivity contribution >= 4 is 11.8 Å². The zero-order valence-electron chi connectivity index (χ0n) is 12.4. The maximum atomic E-state index is 13.7. The molecule has 0 atom stereocenters. The van der Waals surface area contributed by atoms with Gasteiger partial charge >= 0.3 is 0 Å². The van der Waals surface area contributed by atoms with Crippen molar-refractivity contribution in [2.45, 2.75) is 25.5 Å². The van der Waals surface area contributed by atoms with Crippen LogP contribution in [0.2, 0.25) is 0 Å². The summed E-state index contributed by atoms with van der Waals surface area (Å²) in [5, 5.41) is 11.9. The number of hydrogen-bond acceptors (Lipinski definition) is 4. The van der Waals surface area contributed by atoms with Crippen molar-refractivity contribution in [1.82, 2.24) is 25.0 Å². The number of H-pyrrole nitrogens is 1. The number of aromatic nitrogens is 5. The fourth-order valence-electron chi connectivity index (χ4n) is 2.21. The molecule has 5 nitrogen and oxygen atoms in total. The van der Waals surface area contributed by atoms with Crippen molar-refractivity contribution in [3.63, 3.8) is 0 Å². The Morgan fingerprint density at radius 2 is 2.09 bits per heavy atom. The first-order chi connectivity index (χ1) is 10.6. The molecular weight excluding hydrogens is 301 g/mol. The van der Waals surface area contributed by atoms with Gasteiger partial charge in [0.15, 0.2) is 5.82 Å². The Bertz CT molecular complexity index is 780. The summed E-state index contributed by atoms with van der Waals surface area (Å²) in [6, 6.07) is 8.57. The summed E-state index contributed by atoms with van der Waals surface area (Å²) in [6.07, 6.45) is 0. The molecule has 22 heavy (non-hydrogen) atoms. The minimum atomic E-state index is -0.308. The van der Waals surface area contributed by atoms with Gasteiger partial charge in [0.1, 0.15) is 5.82 Å². The third-order valence-corrected chi connectivity index (χ3v) is 4.06. The number of benzene rings is 1. The second-order valence-electron chi connectivity index (χ2n) is 4.95. The van der Waals surface area contributed by atoms with E-state index in [1.165, 1.54) is 17.8 Å². The predicted octanol–water partition coefficient (Wildman–Crippen LogP) is 3.22. The van der Waals surface area contributed by atoms with E-state index in [1.54, 1.807) is 18.2 Å². The molecule has 0 aliphatic rings. The maximum Gasteiger partial charge on any atom is 0.208 e. The first-order valence-corrected chi connectivity index (χ1v) is 7.93. The Hall–Kier alpha value is -2.15. The molecule has 3 aromatic rings. The molecule has 0 aliphatic heterocycles. The largest absolute Gasteiger partial charge is 0.269 e. The lowest BCUT2D eigenvalue weighted by Crippen LogP contribution is -2.04. The summed E-state index contributed by atoms with van der Waals surface area (Å²) in [4.78, 5) is 4.33. The fourth-order valence-corrected chi connectivity index (χ4v) is 2.92. The summed E-state index contributed by atoms with van der Waals surface area (Å²) >= 11 is 1.52. The molecule has 0 spiro atoms. The number of halogens is 1. The number of nitrogens with one attached hydrogen (secondary N) is 1. The van der Waals surface area contributed by atoms with Crippen LogP contribution < -0.4 is 0 Å². The Morgan fingerprint density at radius 1 is 1.27 bits per heavy atom. The van der Waals surface area contributed by atoms with Gasteiger partial charge in [-0.15, -0.1) is 5.10 Å². The van der Waals surface area contributed by atoms with E-state index in [1.807, 2.05) is 24.6 Å². The van der Waals surface area contributed by atoms with Gasteiger partial charge in [0, 0.05) is 11.4 Å². The quantitative estimate of drug-likeness (QED) is 0.734. The maximum absolute atomic E-state index is 13.7. The molecule has 0 aliphatic carbocycles. The standard InChI is InChI=1S/C15H16FN5S/c1-10-9-11(2)21(20-10)7-8-22-15-17-14(18-19-15)12-5-3-4-6-13(12)16/h3-6,9H,7-8H2,1-2H3,(H,17,18,19). The fraction of sp³-hybridized carbons (Fsp3) is 0.267. The average Bonchev–Trinajstić information content (AvgIpc) is 3.07. The van der Waals surface area contributed by atoms with E-state index in [2.05, 4.69) is 20.3 Å². The van der Waals surface area contributed by atoms with Gasteiger partial charge in [0.25, 0.3) is 0 Å². The van der Waals surface area contributed by atoms with Gasteiger partial charge in [0.05, 0.1) is 17.8 Å². The smallest absolute Gasteiger partial charge is 0.208 e. The molecule has 0 fully saturated rings. The van der Waals surface area contributed by atoms with Gasteiger partial charge in [0.2, 0.25) is 5.16 Å². The Morgan fingerprint density at radius 3 is 2.82 bits per heavy atom. The normalized spacial score (nSPS) is 11.0. The lowest BCUT2D eigenvalue weighted by molar-refractivity contribution is 0.630. The van der Waals surface area contributed by atoms with Crippen LogP contribution >= 0.6 is 11.8 Å². The van der Waals surface area contributed by atoms with Crippen LogP contribution in [0.15, 0.2) is 35.5 Å². The summed E-state index contributed by atoms with van der Waals surface area (Å²) in [5.74, 6) is 0.945. The molecule has 0 saturated carbocycles. The van der Waals surface area contributed by atoms with Crippen LogP contribution in [-0.2, 0) is 6.54 Å². The average molecular weight is 317 g/mol. The van der Waals surface area contributed by atoms with Crippen molar-refractivity contribution < 1.29 is 4.39 Å². The lowest BCUT2D eigenvalue weighted by atomic mass is 10.2. The molecule has 2 aromatic heterocycles. The summed E-state index contributed by atoms with van der Waals surface area (Å²) in [7, 11) is 0. The van der Waals surface area contributed by atoms with E-state index in [0.717, 1.165) is 23.7 Å². The summed E-state index contributed by atoms with van der Waals surface area (Å²) in [5.41, 5.74) is 2.59. The molecule has 1 aromatic carbocycles. The van der Waals surface area contributed by atoms with Crippen LogP contribution in [0.3, 0.4) is 0 Å². The number of aromatic amines is 1. The molecule has 2 heterocycles. The number of hydrogen-bond donors (Lipinski definition) is 1.